The van der Waals surface area contributed by atoms with Crippen LogP contribution in [0.2, 0.25) is 0 Å². The van der Waals surface area contributed by atoms with Crippen LogP contribution in [0.3, 0.4) is 0 Å². The Hall–Kier alpha value is -3.55. The summed E-state index contributed by atoms with van der Waals surface area (Å²) in [6.07, 6.45) is 0. The van der Waals surface area contributed by atoms with Gasteiger partial charge in [-0.25, -0.2) is 4.79 Å². The molecule has 156 valence electrons. The standard InChI is InChI=1S/C22H23N3O5/c1-14(2)25(16-7-5-4-6-8-16)19(26)12-24-20(27)22(3,23-21(24)28)15-9-10-17-18(11-15)30-13-29-17/h4-11,14H,12-13H2,1-3H3,(H,23,28)/t22-/m0/s1. The van der Waals surface area contributed by atoms with Gasteiger partial charge in [-0.05, 0) is 50.6 Å². The van der Waals surface area contributed by atoms with Crippen LogP contribution in [0.4, 0.5) is 10.5 Å². The summed E-state index contributed by atoms with van der Waals surface area (Å²) < 4.78 is 10.7. The number of anilines is 1. The fraction of sp³-hybridized carbons (Fsp3) is 0.318. The van der Waals surface area contributed by atoms with Crippen molar-refractivity contribution < 1.29 is 23.9 Å². The summed E-state index contributed by atoms with van der Waals surface area (Å²) in [5.41, 5.74) is -0.0276. The molecule has 0 unspecified atom stereocenters. The SMILES string of the molecule is CC(C)N(C(=O)CN1C(=O)N[C@@](C)(c2ccc3c(c2)OCO3)C1=O)c1ccccc1. The zero-order chi connectivity index (χ0) is 21.5. The minimum Gasteiger partial charge on any atom is -0.454 e. The van der Waals surface area contributed by atoms with E-state index in [0.29, 0.717) is 22.7 Å². The van der Waals surface area contributed by atoms with E-state index < -0.39 is 17.5 Å². The molecule has 2 aliphatic heterocycles. The Morgan fingerprint density at radius 3 is 2.53 bits per heavy atom. The van der Waals surface area contributed by atoms with Crippen molar-refractivity contribution in [3.8, 4) is 11.5 Å². The molecule has 4 amide bonds. The van der Waals surface area contributed by atoms with Gasteiger partial charge in [0.05, 0.1) is 0 Å². The smallest absolute Gasteiger partial charge is 0.325 e. The summed E-state index contributed by atoms with van der Waals surface area (Å²) in [4.78, 5) is 41.4. The third-order valence-corrected chi connectivity index (χ3v) is 5.34. The maximum absolute atomic E-state index is 13.2. The van der Waals surface area contributed by atoms with Crippen molar-refractivity contribution in [1.29, 1.82) is 0 Å². The van der Waals surface area contributed by atoms with E-state index in [-0.39, 0.29) is 25.3 Å². The molecule has 1 saturated heterocycles. The minimum atomic E-state index is -1.30. The second-order valence-corrected chi connectivity index (χ2v) is 7.71. The van der Waals surface area contributed by atoms with E-state index in [1.807, 2.05) is 44.2 Å². The molecular formula is C22H23N3O5. The van der Waals surface area contributed by atoms with Crippen molar-refractivity contribution in [3.05, 3.63) is 54.1 Å². The number of ether oxygens (including phenoxy) is 2. The quantitative estimate of drug-likeness (QED) is 0.767. The van der Waals surface area contributed by atoms with Crippen LogP contribution >= 0.6 is 0 Å². The normalized spacial score (nSPS) is 19.9. The summed E-state index contributed by atoms with van der Waals surface area (Å²) in [7, 11) is 0. The number of carbonyl (C=O) groups is 3. The van der Waals surface area contributed by atoms with Gasteiger partial charge >= 0.3 is 6.03 Å². The number of carbonyl (C=O) groups excluding carboxylic acids is 3. The lowest BCUT2D eigenvalue weighted by molar-refractivity contribution is -0.134. The first-order chi connectivity index (χ1) is 14.3. The van der Waals surface area contributed by atoms with E-state index in [9.17, 15) is 14.4 Å². The van der Waals surface area contributed by atoms with Gasteiger partial charge in [-0.2, -0.15) is 0 Å². The highest BCUT2D eigenvalue weighted by atomic mass is 16.7. The highest BCUT2D eigenvalue weighted by Crippen LogP contribution is 2.37. The number of fused-ring (bicyclic) bond motifs is 1. The Bertz CT molecular complexity index is 1010. The lowest BCUT2D eigenvalue weighted by Gasteiger charge is -2.28. The minimum absolute atomic E-state index is 0.112. The van der Waals surface area contributed by atoms with Gasteiger partial charge in [0.25, 0.3) is 5.91 Å². The molecule has 30 heavy (non-hydrogen) atoms. The van der Waals surface area contributed by atoms with Crippen LogP contribution in [0.1, 0.15) is 26.3 Å². The van der Waals surface area contributed by atoms with E-state index in [1.165, 1.54) is 0 Å². The molecule has 0 aliphatic carbocycles. The lowest BCUT2D eigenvalue weighted by Crippen LogP contribution is -2.46. The first kappa shape index (κ1) is 19.8. The molecule has 2 aromatic carbocycles. The maximum atomic E-state index is 13.2. The predicted octanol–water partition coefficient (Wildman–Crippen LogP) is 2.62. The number of para-hydroxylation sites is 1. The average Bonchev–Trinajstić information content (AvgIpc) is 3.27. The molecule has 1 atom stereocenters. The van der Waals surface area contributed by atoms with E-state index in [1.54, 1.807) is 30.0 Å². The number of benzene rings is 2. The summed E-state index contributed by atoms with van der Waals surface area (Å²) in [5.74, 6) is 0.271. The molecule has 0 spiro atoms. The van der Waals surface area contributed by atoms with Gasteiger partial charge in [-0.15, -0.1) is 0 Å². The fourth-order valence-electron chi connectivity index (χ4n) is 3.77. The molecule has 0 saturated carbocycles. The lowest BCUT2D eigenvalue weighted by atomic mass is 9.91. The third kappa shape index (κ3) is 3.24. The van der Waals surface area contributed by atoms with Gasteiger partial charge < -0.3 is 19.7 Å². The number of urea groups is 1. The van der Waals surface area contributed by atoms with Crippen molar-refractivity contribution in [1.82, 2.24) is 10.2 Å². The van der Waals surface area contributed by atoms with Crippen LogP contribution in [-0.2, 0) is 15.1 Å². The van der Waals surface area contributed by atoms with Crippen molar-refractivity contribution >= 4 is 23.5 Å². The van der Waals surface area contributed by atoms with Crippen LogP contribution in [0.15, 0.2) is 48.5 Å². The van der Waals surface area contributed by atoms with Crippen LogP contribution in [0.25, 0.3) is 0 Å². The first-order valence-electron chi connectivity index (χ1n) is 9.72. The molecule has 8 heteroatoms. The monoisotopic (exact) mass is 409 g/mol. The molecule has 8 nitrogen and oxygen atoms in total. The molecule has 2 aromatic rings. The molecule has 2 heterocycles. The van der Waals surface area contributed by atoms with Gasteiger partial charge in [-0.1, -0.05) is 24.3 Å². The molecule has 0 radical (unpaired) electrons. The van der Waals surface area contributed by atoms with E-state index in [4.69, 9.17) is 9.47 Å². The van der Waals surface area contributed by atoms with Gasteiger partial charge in [0.2, 0.25) is 12.7 Å². The van der Waals surface area contributed by atoms with Crippen LogP contribution in [0.5, 0.6) is 11.5 Å². The van der Waals surface area contributed by atoms with Crippen molar-refractivity contribution in [2.24, 2.45) is 0 Å². The van der Waals surface area contributed by atoms with Crippen LogP contribution < -0.4 is 19.7 Å². The number of hydrogen-bond acceptors (Lipinski definition) is 5. The average molecular weight is 409 g/mol. The largest absolute Gasteiger partial charge is 0.454 e. The van der Waals surface area contributed by atoms with Crippen LogP contribution in [-0.4, -0.2) is 42.1 Å². The molecule has 1 N–H and O–H groups in total. The Morgan fingerprint density at radius 2 is 1.83 bits per heavy atom. The second-order valence-electron chi connectivity index (χ2n) is 7.71. The maximum Gasteiger partial charge on any atom is 0.325 e. The number of nitrogens with one attached hydrogen (secondary N) is 1. The number of rotatable bonds is 5. The molecule has 0 aromatic heterocycles. The molecule has 0 bridgehead atoms. The molecule has 4 rings (SSSR count). The topological polar surface area (TPSA) is 88.2 Å². The van der Waals surface area contributed by atoms with Crippen molar-refractivity contribution in [2.75, 3.05) is 18.2 Å². The second kappa shape index (κ2) is 7.37. The number of imide groups is 1. The summed E-state index contributed by atoms with van der Waals surface area (Å²) in [6, 6.07) is 13.5. The van der Waals surface area contributed by atoms with Crippen molar-refractivity contribution in [3.63, 3.8) is 0 Å². The third-order valence-electron chi connectivity index (χ3n) is 5.34. The summed E-state index contributed by atoms with van der Waals surface area (Å²) in [6.45, 7) is 5.15. The number of nitrogens with zero attached hydrogens (tertiary/aromatic N) is 2. The molecular weight excluding hydrogens is 386 g/mol. The zero-order valence-corrected chi connectivity index (χ0v) is 17.0. The summed E-state index contributed by atoms with van der Waals surface area (Å²) >= 11 is 0. The fourth-order valence-corrected chi connectivity index (χ4v) is 3.77. The van der Waals surface area contributed by atoms with E-state index >= 15 is 0 Å². The number of amides is 4. The predicted molar refractivity (Wildman–Crippen MR) is 109 cm³/mol. The zero-order valence-electron chi connectivity index (χ0n) is 17.0. The highest BCUT2D eigenvalue weighted by Gasteiger charge is 2.50. The van der Waals surface area contributed by atoms with E-state index in [0.717, 1.165) is 4.90 Å². The Kier molecular flexibility index (Phi) is 4.85. The van der Waals surface area contributed by atoms with Gasteiger partial charge in [-0.3, -0.25) is 14.5 Å². The number of hydrogen-bond donors (Lipinski definition) is 1. The van der Waals surface area contributed by atoms with E-state index in [2.05, 4.69) is 5.32 Å². The van der Waals surface area contributed by atoms with Gasteiger partial charge in [0.1, 0.15) is 12.1 Å². The van der Waals surface area contributed by atoms with Crippen molar-refractivity contribution in [2.45, 2.75) is 32.4 Å². The Balaban J connectivity index is 1.57. The molecule has 2 aliphatic rings. The first-order valence-corrected chi connectivity index (χ1v) is 9.72. The van der Waals surface area contributed by atoms with Gasteiger partial charge in [0, 0.05) is 11.7 Å². The van der Waals surface area contributed by atoms with Gasteiger partial charge in [0.15, 0.2) is 11.5 Å². The Morgan fingerprint density at radius 1 is 1.13 bits per heavy atom. The Labute approximate surface area is 174 Å². The highest BCUT2D eigenvalue weighted by molar-refractivity contribution is 6.10. The molecule has 1 fully saturated rings. The van der Waals surface area contributed by atoms with Crippen LogP contribution in [0, 0.1) is 0 Å². The summed E-state index contributed by atoms with van der Waals surface area (Å²) in [5, 5.41) is 2.72.